The molecule has 1 aliphatic rings. The lowest BCUT2D eigenvalue weighted by Gasteiger charge is -2.37. The highest BCUT2D eigenvalue weighted by Gasteiger charge is 2.27. The topological polar surface area (TPSA) is 50.5 Å². The van der Waals surface area contributed by atoms with Crippen LogP contribution in [0.5, 0.6) is 0 Å². The molecule has 0 aromatic rings. The van der Waals surface area contributed by atoms with E-state index in [1.165, 1.54) is 12.8 Å². The van der Waals surface area contributed by atoms with Gasteiger partial charge in [-0.3, -0.25) is 16.2 Å². The van der Waals surface area contributed by atoms with Gasteiger partial charge in [0.1, 0.15) is 0 Å². The third-order valence-electron chi connectivity index (χ3n) is 3.73. The van der Waals surface area contributed by atoms with Crippen LogP contribution in [0.2, 0.25) is 0 Å². The zero-order valence-electron chi connectivity index (χ0n) is 11.6. The van der Waals surface area contributed by atoms with E-state index >= 15 is 0 Å². The average molecular weight is 243 g/mol. The van der Waals surface area contributed by atoms with Crippen LogP contribution in [-0.2, 0) is 4.74 Å². The normalized spacial score (nSPS) is 25.8. The molecule has 0 aromatic heterocycles. The van der Waals surface area contributed by atoms with Crippen LogP contribution in [0.1, 0.15) is 40.0 Å². The van der Waals surface area contributed by atoms with E-state index in [4.69, 9.17) is 10.6 Å². The lowest BCUT2D eigenvalue weighted by Crippen LogP contribution is -2.54. The van der Waals surface area contributed by atoms with Gasteiger partial charge in [0.15, 0.2) is 0 Å². The fourth-order valence-corrected chi connectivity index (χ4v) is 2.63. The van der Waals surface area contributed by atoms with Crippen molar-refractivity contribution in [3.63, 3.8) is 0 Å². The van der Waals surface area contributed by atoms with Crippen molar-refractivity contribution < 1.29 is 4.74 Å². The molecule has 1 heterocycles. The number of nitrogens with zero attached hydrogens (tertiary/aromatic N) is 1. The maximum Gasteiger partial charge on any atom is 0.0868 e. The van der Waals surface area contributed by atoms with E-state index in [0.717, 1.165) is 32.7 Å². The molecule has 0 bridgehead atoms. The molecule has 1 fully saturated rings. The van der Waals surface area contributed by atoms with E-state index in [1.807, 2.05) is 0 Å². The molecule has 0 radical (unpaired) electrons. The second-order valence-electron chi connectivity index (χ2n) is 5.21. The maximum atomic E-state index is 5.86. The highest BCUT2D eigenvalue weighted by atomic mass is 16.5. The predicted octanol–water partition coefficient (Wildman–Crippen LogP) is 1.37. The first kappa shape index (κ1) is 14.9. The van der Waals surface area contributed by atoms with Gasteiger partial charge < -0.3 is 4.74 Å². The molecule has 4 nitrogen and oxygen atoms in total. The van der Waals surface area contributed by atoms with Crippen molar-refractivity contribution in [1.29, 1.82) is 0 Å². The lowest BCUT2D eigenvalue weighted by molar-refractivity contribution is -0.0484. The quantitative estimate of drug-likeness (QED) is 0.524. The largest absolute Gasteiger partial charge is 0.374 e. The molecule has 0 saturated carbocycles. The van der Waals surface area contributed by atoms with Crippen molar-refractivity contribution in [2.75, 3.05) is 26.2 Å². The fourth-order valence-electron chi connectivity index (χ4n) is 2.63. The number of hydrogen-bond acceptors (Lipinski definition) is 4. The fraction of sp³-hybridized carbons (Fsp3) is 1.00. The van der Waals surface area contributed by atoms with Gasteiger partial charge in [-0.05, 0) is 18.9 Å². The first-order chi connectivity index (χ1) is 8.21. The monoisotopic (exact) mass is 243 g/mol. The van der Waals surface area contributed by atoms with Crippen LogP contribution < -0.4 is 11.3 Å². The number of nitrogens with one attached hydrogen (secondary N) is 1. The SMILES string of the molecule is CCCC(C)CC(NN)C1CN(CC)CCO1. The van der Waals surface area contributed by atoms with Gasteiger partial charge in [-0.2, -0.15) is 0 Å². The Morgan fingerprint density at radius 2 is 2.24 bits per heavy atom. The predicted molar refractivity (Wildman–Crippen MR) is 71.7 cm³/mol. The van der Waals surface area contributed by atoms with Gasteiger partial charge in [-0.1, -0.05) is 33.6 Å². The van der Waals surface area contributed by atoms with E-state index in [1.54, 1.807) is 0 Å². The highest BCUT2D eigenvalue weighted by Crippen LogP contribution is 2.18. The third kappa shape index (κ3) is 4.92. The molecule has 3 unspecified atom stereocenters. The Bertz CT molecular complexity index is 201. The number of likely N-dealkylation sites (N-methyl/N-ethyl adjacent to an activating group) is 1. The van der Waals surface area contributed by atoms with E-state index in [9.17, 15) is 0 Å². The van der Waals surface area contributed by atoms with Crippen LogP contribution in [0, 0.1) is 5.92 Å². The number of rotatable bonds is 7. The van der Waals surface area contributed by atoms with Crippen molar-refractivity contribution in [1.82, 2.24) is 10.3 Å². The van der Waals surface area contributed by atoms with Crippen LogP contribution >= 0.6 is 0 Å². The average Bonchev–Trinajstić information content (AvgIpc) is 2.36. The number of hydrazine groups is 1. The summed E-state index contributed by atoms with van der Waals surface area (Å²) in [4.78, 5) is 2.43. The van der Waals surface area contributed by atoms with Gasteiger partial charge in [-0.25, -0.2) is 0 Å². The molecule has 0 aliphatic carbocycles. The minimum atomic E-state index is 0.244. The van der Waals surface area contributed by atoms with E-state index in [2.05, 4.69) is 31.1 Å². The van der Waals surface area contributed by atoms with Crippen molar-refractivity contribution in [2.45, 2.75) is 52.2 Å². The van der Waals surface area contributed by atoms with Gasteiger partial charge in [0.25, 0.3) is 0 Å². The van der Waals surface area contributed by atoms with Gasteiger partial charge in [0.2, 0.25) is 0 Å². The minimum Gasteiger partial charge on any atom is -0.374 e. The Labute approximate surface area is 106 Å². The molecule has 102 valence electrons. The Morgan fingerprint density at radius 1 is 1.47 bits per heavy atom. The smallest absolute Gasteiger partial charge is 0.0868 e. The summed E-state index contributed by atoms with van der Waals surface area (Å²) in [5.74, 6) is 6.40. The molecule has 1 aliphatic heterocycles. The molecule has 17 heavy (non-hydrogen) atoms. The Hall–Kier alpha value is -0.160. The first-order valence-electron chi connectivity index (χ1n) is 7.01. The third-order valence-corrected chi connectivity index (χ3v) is 3.73. The Kier molecular flexibility index (Phi) is 7.04. The Balaban J connectivity index is 2.42. The minimum absolute atomic E-state index is 0.244. The Morgan fingerprint density at radius 3 is 2.82 bits per heavy atom. The zero-order valence-corrected chi connectivity index (χ0v) is 11.6. The summed E-state index contributed by atoms with van der Waals surface area (Å²) in [6.45, 7) is 10.7. The van der Waals surface area contributed by atoms with Crippen molar-refractivity contribution in [2.24, 2.45) is 11.8 Å². The summed E-state index contributed by atoms with van der Waals surface area (Å²) >= 11 is 0. The molecule has 3 atom stereocenters. The molecule has 0 spiro atoms. The van der Waals surface area contributed by atoms with Crippen molar-refractivity contribution in [3.05, 3.63) is 0 Å². The molecule has 3 N–H and O–H groups in total. The van der Waals surface area contributed by atoms with Crippen LogP contribution in [0.15, 0.2) is 0 Å². The number of hydrogen-bond donors (Lipinski definition) is 2. The number of morpholine rings is 1. The molecule has 4 heteroatoms. The summed E-state index contributed by atoms with van der Waals surface area (Å²) in [5.41, 5.74) is 2.95. The number of nitrogens with two attached hydrogens (primary N) is 1. The number of ether oxygens (including phenoxy) is 1. The van der Waals surface area contributed by atoms with E-state index in [-0.39, 0.29) is 12.1 Å². The first-order valence-corrected chi connectivity index (χ1v) is 7.01. The zero-order chi connectivity index (χ0) is 12.7. The van der Waals surface area contributed by atoms with Crippen molar-refractivity contribution >= 4 is 0 Å². The molecule has 1 rings (SSSR count). The summed E-state index contributed by atoms with van der Waals surface area (Å²) in [6.07, 6.45) is 3.85. The van der Waals surface area contributed by atoms with Crippen molar-refractivity contribution in [3.8, 4) is 0 Å². The second kappa shape index (κ2) is 8.03. The summed E-state index contributed by atoms with van der Waals surface area (Å²) in [5, 5.41) is 0. The standard InChI is InChI=1S/C13H29N3O/c1-4-6-11(3)9-12(15-14)13-10-16(5-2)7-8-17-13/h11-13,15H,4-10,14H2,1-3H3. The van der Waals surface area contributed by atoms with Crippen LogP contribution in [0.4, 0.5) is 0 Å². The maximum absolute atomic E-state index is 5.86. The van der Waals surface area contributed by atoms with Gasteiger partial charge in [-0.15, -0.1) is 0 Å². The van der Waals surface area contributed by atoms with Crippen LogP contribution in [-0.4, -0.2) is 43.3 Å². The molecule has 1 saturated heterocycles. The molecule has 0 amide bonds. The summed E-state index contributed by atoms with van der Waals surface area (Å²) in [7, 11) is 0. The van der Waals surface area contributed by atoms with Gasteiger partial charge in [0.05, 0.1) is 12.7 Å². The highest BCUT2D eigenvalue weighted by molar-refractivity contribution is 4.82. The van der Waals surface area contributed by atoms with Crippen LogP contribution in [0.25, 0.3) is 0 Å². The molecule has 0 aromatic carbocycles. The van der Waals surface area contributed by atoms with E-state index < -0.39 is 0 Å². The summed E-state index contributed by atoms with van der Waals surface area (Å²) < 4.78 is 5.86. The second-order valence-corrected chi connectivity index (χ2v) is 5.21. The lowest BCUT2D eigenvalue weighted by atomic mass is 9.94. The van der Waals surface area contributed by atoms with Crippen LogP contribution in [0.3, 0.4) is 0 Å². The molecular formula is C13H29N3O. The van der Waals surface area contributed by atoms with E-state index in [0.29, 0.717) is 5.92 Å². The molecular weight excluding hydrogens is 214 g/mol. The van der Waals surface area contributed by atoms with Gasteiger partial charge in [0, 0.05) is 19.1 Å². The summed E-state index contributed by atoms with van der Waals surface area (Å²) in [6, 6.07) is 0.283. The van der Waals surface area contributed by atoms with Gasteiger partial charge >= 0.3 is 0 Å².